The third kappa shape index (κ3) is 5.57. The van der Waals surface area contributed by atoms with Gasteiger partial charge in [0.2, 0.25) is 0 Å². The first-order valence-corrected chi connectivity index (χ1v) is 13.7. The van der Waals surface area contributed by atoms with Crippen molar-refractivity contribution in [2.75, 3.05) is 7.11 Å². The first-order valence-electron chi connectivity index (χ1n) is 13.7. The minimum atomic E-state index is -0.861. The summed E-state index contributed by atoms with van der Waals surface area (Å²) < 4.78 is 5.34. The second-order valence-electron chi connectivity index (χ2n) is 11.6. The van der Waals surface area contributed by atoms with Crippen LogP contribution in [0.15, 0.2) is 48.5 Å². The first kappa shape index (κ1) is 27.7. The molecule has 2 aromatic carbocycles. The summed E-state index contributed by atoms with van der Waals surface area (Å²) in [7, 11) is 1.66. The van der Waals surface area contributed by atoms with Gasteiger partial charge in [-0.25, -0.2) is 4.79 Å². The van der Waals surface area contributed by atoms with E-state index >= 15 is 0 Å². The van der Waals surface area contributed by atoms with Crippen molar-refractivity contribution in [2.45, 2.75) is 82.6 Å². The van der Waals surface area contributed by atoms with E-state index in [0.717, 1.165) is 43.4 Å². The maximum atomic E-state index is 13.0. The topological polar surface area (TPSA) is 105 Å². The maximum absolute atomic E-state index is 13.0. The summed E-state index contributed by atoms with van der Waals surface area (Å²) in [6.07, 6.45) is 5.71. The third-order valence-electron chi connectivity index (χ3n) is 8.69. The molecule has 1 aliphatic heterocycles. The molecule has 0 bridgehead atoms. The number of rotatable bonds is 10. The highest BCUT2D eigenvalue weighted by molar-refractivity contribution is 6.07. The molecule has 3 N–H and O–H groups in total. The van der Waals surface area contributed by atoms with Gasteiger partial charge in [-0.15, -0.1) is 0 Å². The minimum Gasteiger partial charge on any atom is -0.497 e. The lowest BCUT2D eigenvalue weighted by atomic mass is 9.57. The van der Waals surface area contributed by atoms with Crippen molar-refractivity contribution in [3.63, 3.8) is 0 Å². The van der Waals surface area contributed by atoms with Crippen LogP contribution in [0.5, 0.6) is 5.75 Å². The Kier molecular flexibility index (Phi) is 8.14. The zero-order valence-corrected chi connectivity index (χ0v) is 22.9. The van der Waals surface area contributed by atoms with Crippen LogP contribution in [0.4, 0.5) is 4.79 Å². The summed E-state index contributed by atoms with van der Waals surface area (Å²) in [5.41, 5.74) is 2.05. The average molecular weight is 521 g/mol. The highest BCUT2D eigenvalue weighted by Crippen LogP contribution is 2.51. The van der Waals surface area contributed by atoms with E-state index in [-0.39, 0.29) is 17.2 Å². The van der Waals surface area contributed by atoms with Crippen molar-refractivity contribution < 1.29 is 24.2 Å². The van der Waals surface area contributed by atoms with Gasteiger partial charge in [-0.3, -0.25) is 14.9 Å². The Morgan fingerprint density at radius 3 is 2.34 bits per heavy atom. The van der Waals surface area contributed by atoms with E-state index in [2.05, 4.69) is 48.7 Å². The number of methoxy groups -OCH3 is 1. The van der Waals surface area contributed by atoms with Crippen LogP contribution < -0.4 is 15.4 Å². The van der Waals surface area contributed by atoms with Gasteiger partial charge in [0.1, 0.15) is 11.3 Å². The van der Waals surface area contributed by atoms with Crippen molar-refractivity contribution in [1.29, 1.82) is 0 Å². The molecule has 7 nitrogen and oxygen atoms in total. The zero-order valence-electron chi connectivity index (χ0n) is 22.9. The summed E-state index contributed by atoms with van der Waals surface area (Å²) in [6, 6.07) is 15.8. The van der Waals surface area contributed by atoms with Gasteiger partial charge in [0.05, 0.1) is 13.0 Å². The van der Waals surface area contributed by atoms with E-state index in [0.29, 0.717) is 18.8 Å². The minimum absolute atomic E-state index is 0.170. The standard InChI is InChI=1S/C31H40N2O5/c1-20(2)18-30(17-15-22-7-13-26(38-4)14-8-22,24-11-9-23(10-12-24)21(3)27(34)35)25-6-5-16-31(19-25)28(36)32-29(37)33-31/h7-14,20-21,25H,5-6,15-19H2,1-4H3,(H,34,35)(H2,32,33,36,37). The van der Waals surface area contributed by atoms with Crippen LogP contribution in [0.2, 0.25) is 0 Å². The van der Waals surface area contributed by atoms with Crippen molar-refractivity contribution in [2.24, 2.45) is 11.8 Å². The third-order valence-corrected chi connectivity index (χ3v) is 8.69. The van der Waals surface area contributed by atoms with E-state index in [4.69, 9.17) is 4.74 Å². The lowest BCUT2D eigenvalue weighted by Gasteiger charge is -2.48. The SMILES string of the molecule is COc1ccc(CCC(CC(C)C)(c2ccc(C(C)C(=O)O)cc2)C2CCCC3(C2)NC(=O)NC3=O)cc1. The fourth-order valence-corrected chi connectivity index (χ4v) is 6.70. The second kappa shape index (κ2) is 11.2. The normalized spacial score (nSPS) is 23.6. The van der Waals surface area contributed by atoms with Crippen LogP contribution in [0.3, 0.4) is 0 Å². The van der Waals surface area contributed by atoms with Crippen LogP contribution in [-0.4, -0.2) is 35.7 Å². The van der Waals surface area contributed by atoms with Crippen LogP contribution in [0.25, 0.3) is 0 Å². The number of nitrogens with one attached hydrogen (secondary N) is 2. The highest BCUT2D eigenvalue weighted by atomic mass is 16.5. The lowest BCUT2D eigenvalue weighted by Crippen LogP contribution is -2.54. The summed E-state index contributed by atoms with van der Waals surface area (Å²) in [6.45, 7) is 6.16. The van der Waals surface area contributed by atoms with Gasteiger partial charge in [-0.1, -0.05) is 56.7 Å². The number of aryl methyl sites for hydroxylation is 1. The molecule has 3 amide bonds. The molecule has 4 atom stereocenters. The van der Waals surface area contributed by atoms with Gasteiger partial charge in [0, 0.05) is 0 Å². The summed E-state index contributed by atoms with van der Waals surface area (Å²) in [5.74, 6) is -0.257. The number of carboxylic acid groups (broad SMARTS) is 1. The van der Waals surface area contributed by atoms with E-state index in [9.17, 15) is 19.5 Å². The van der Waals surface area contributed by atoms with Crippen molar-refractivity contribution in [3.8, 4) is 5.75 Å². The molecule has 38 heavy (non-hydrogen) atoms. The molecule has 0 radical (unpaired) electrons. The zero-order chi connectivity index (χ0) is 27.5. The molecule has 1 heterocycles. The summed E-state index contributed by atoms with van der Waals surface area (Å²) >= 11 is 0. The van der Waals surface area contributed by atoms with Gasteiger partial charge < -0.3 is 15.2 Å². The van der Waals surface area contributed by atoms with Gasteiger partial charge in [0.25, 0.3) is 5.91 Å². The molecular weight excluding hydrogens is 480 g/mol. The fourth-order valence-electron chi connectivity index (χ4n) is 6.70. The Hall–Kier alpha value is -3.35. The molecule has 1 saturated heterocycles. The molecule has 2 fully saturated rings. The number of urea groups is 1. The first-order chi connectivity index (χ1) is 18.1. The number of amides is 3. The molecule has 2 aliphatic rings. The summed E-state index contributed by atoms with van der Waals surface area (Å²) in [4.78, 5) is 36.7. The number of imide groups is 1. The predicted octanol–water partition coefficient (Wildman–Crippen LogP) is 5.57. The molecule has 0 aromatic heterocycles. The highest BCUT2D eigenvalue weighted by Gasteiger charge is 2.53. The van der Waals surface area contributed by atoms with E-state index < -0.39 is 23.5 Å². The molecule has 4 rings (SSSR count). The average Bonchev–Trinajstić information content (AvgIpc) is 3.17. The Morgan fingerprint density at radius 1 is 1.11 bits per heavy atom. The van der Waals surface area contributed by atoms with Crippen LogP contribution in [0.1, 0.15) is 81.9 Å². The van der Waals surface area contributed by atoms with Gasteiger partial charge in [-0.05, 0) is 91.5 Å². The van der Waals surface area contributed by atoms with E-state index in [1.807, 2.05) is 24.3 Å². The number of benzene rings is 2. The fraction of sp³-hybridized carbons (Fsp3) is 0.516. The number of carboxylic acids is 1. The molecule has 4 unspecified atom stereocenters. The van der Waals surface area contributed by atoms with Crippen molar-refractivity contribution in [3.05, 3.63) is 65.2 Å². The van der Waals surface area contributed by atoms with Gasteiger partial charge in [0.15, 0.2) is 0 Å². The second-order valence-corrected chi connectivity index (χ2v) is 11.6. The molecule has 2 aromatic rings. The number of hydrogen-bond donors (Lipinski definition) is 3. The number of hydrogen-bond acceptors (Lipinski definition) is 4. The number of ether oxygens (including phenoxy) is 1. The largest absolute Gasteiger partial charge is 0.497 e. The van der Waals surface area contributed by atoms with Crippen LogP contribution >= 0.6 is 0 Å². The molecule has 1 saturated carbocycles. The summed E-state index contributed by atoms with van der Waals surface area (Å²) in [5, 5.41) is 15.0. The smallest absolute Gasteiger partial charge is 0.322 e. The van der Waals surface area contributed by atoms with Gasteiger partial charge in [-0.2, -0.15) is 0 Å². The maximum Gasteiger partial charge on any atom is 0.322 e. The number of carbonyl (C=O) groups is 3. The molecule has 1 spiro atoms. The van der Waals surface area contributed by atoms with Crippen molar-refractivity contribution in [1.82, 2.24) is 10.6 Å². The predicted molar refractivity (Wildman–Crippen MR) is 146 cm³/mol. The van der Waals surface area contributed by atoms with Crippen molar-refractivity contribution >= 4 is 17.9 Å². The number of carbonyl (C=O) groups excluding carboxylic acids is 2. The van der Waals surface area contributed by atoms with E-state index in [1.54, 1.807) is 14.0 Å². The van der Waals surface area contributed by atoms with Crippen LogP contribution in [0, 0.1) is 11.8 Å². The molecule has 204 valence electrons. The quantitative estimate of drug-likeness (QED) is 0.355. The molecule has 1 aliphatic carbocycles. The molecule has 7 heteroatoms. The lowest BCUT2D eigenvalue weighted by molar-refractivity contribution is -0.138. The molecular formula is C31H40N2O5. The monoisotopic (exact) mass is 520 g/mol. The Balaban J connectivity index is 1.75. The van der Waals surface area contributed by atoms with Gasteiger partial charge >= 0.3 is 12.0 Å². The van der Waals surface area contributed by atoms with E-state index in [1.165, 1.54) is 11.1 Å². The Bertz CT molecular complexity index is 1160. The number of aliphatic carboxylic acids is 1. The Morgan fingerprint density at radius 2 is 1.79 bits per heavy atom. The van der Waals surface area contributed by atoms with Crippen LogP contribution in [-0.2, 0) is 21.4 Å². The Labute approximate surface area is 225 Å².